The van der Waals surface area contributed by atoms with Gasteiger partial charge in [0.25, 0.3) is 0 Å². The van der Waals surface area contributed by atoms with Crippen LogP contribution in [0.5, 0.6) is 0 Å². The summed E-state index contributed by atoms with van der Waals surface area (Å²) in [5.41, 5.74) is 0.848. The zero-order valence-corrected chi connectivity index (χ0v) is 10.3. The fourth-order valence-electron chi connectivity index (χ4n) is 2.22. The summed E-state index contributed by atoms with van der Waals surface area (Å²) in [6, 6.07) is 6.35. The van der Waals surface area contributed by atoms with E-state index in [-0.39, 0.29) is 17.8 Å². The molecular formula is C14H18FNO2. The van der Waals surface area contributed by atoms with Crippen LogP contribution in [0.1, 0.15) is 24.8 Å². The summed E-state index contributed by atoms with van der Waals surface area (Å²) in [5, 5.41) is 9.37. The minimum Gasteiger partial charge on any atom is -0.393 e. The maximum atomic E-state index is 13.0. The SMILES string of the molecule is O=C(CCc1cccc(F)c1)N1CCC(O)CC1. The number of piperidine rings is 1. The third-order valence-corrected chi connectivity index (χ3v) is 3.33. The van der Waals surface area contributed by atoms with Gasteiger partial charge >= 0.3 is 0 Å². The van der Waals surface area contributed by atoms with Crippen molar-refractivity contribution < 1.29 is 14.3 Å². The van der Waals surface area contributed by atoms with Crippen molar-refractivity contribution >= 4 is 5.91 Å². The van der Waals surface area contributed by atoms with Crippen LogP contribution in [0.25, 0.3) is 0 Å². The highest BCUT2D eigenvalue weighted by molar-refractivity contribution is 5.76. The predicted octanol–water partition coefficient (Wildman–Crippen LogP) is 1.74. The van der Waals surface area contributed by atoms with Gasteiger partial charge in [0, 0.05) is 19.5 Å². The Morgan fingerprint density at radius 1 is 1.39 bits per heavy atom. The van der Waals surface area contributed by atoms with E-state index in [4.69, 9.17) is 0 Å². The molecule has 1 aliphatic rings. The molecule has 1 aromatic rings. The number of likely N-dealkylation sites (tertiary alicyclic amines) is 1. The quantitative estimate of drug-likeness (QED) is 0.889. The molecule has 1 aromatic carbocycles. The van der Waals surface area contributed by atoms with E-state index >= 15 is 0 Å². The first-order valence-electron chi connectivity index (χ1n) is 6.35. The van der Waals surface area contributed by atoms with Crippen molar-refractivity contribution in [2.75, 3.05) is 13.1 Å². The molecule has 0 unspecified atom stereocenters. The molecule has 1 N–H and O–H groups in total. The molecule has 0 aliphatic carbocycles. The van der Waals surface area contributed by atoms with Crippen LogP contribution in [0.2, 0.25) is 0 Å². The van der Waals surface area contributed by atoms with E-state index in [1.165, 1.54) is 12.1 Å². The zero-order valence-electron chi connectivity index (χ0n) is 10.3. The lowest BCUT2D eigenvalue weighted by atomic mass is 10.1. The summed E-state index contributed by atoms with van der Waals surface area (Å²) >= 11 is 0. The van der Waals surface area contributed by atoms with E-state index < -0.39 is 0 Å². The number of aryl methyl sites for hydroxylation is 1. The second kappa shape index (κ2) is 5.96. The number of halogens is 1. The first-order valence-corrected chi connectivity index (χ1v) is 6.35. The molecule has 4 heteroatoms. The van der Waals surface area contributed by atoms with E-state index in [9.17, 15) is 14.3 Å². The van der Waals surface area contributed by atoms with Gasteiger partial charge in [-0.15, -0.1) is 0 Å². The van der Waals surface area contributed by atoms with Crippen LogP contribution in [-0.2, 0) is 11.2 Å². The lowest BCUT2D eigenvalue weighted by molar-refractivity contribution is -0.133. The molecule has 1 saturated heterocycles. The minimum atomic E-state index is -0.266. The largest absolute Gasteiger partial charge is 0.393 e. The summed E-state index contributed by atoms with van der Waals surface area (Å²) in [6.07, 6.45) is 2.02. The Labute approximate surface area is 106 Å². The van der Waals surface area contributed by atoms with Gasteiger partial charge in [0.1, 0.15) is 5.82 Å². The molecule has 0 radical (unpaired) electrons. The fourth-order valence-corrected chi connectivity index (χ4v) is 2.22. The molecule has 2 rings (SSSR count). The van der Waals surface area contributed by atoms with Crippen LogP contribution in [0.4, 0.5) is 4.39 Å². The van der Waals surface area contributed by atoms with E-state index in [0.717, 1.165) is 5.56 Å². The number of aliphatic hydroxyl groups is 1. The average Bonchev–Trinajstić information content (AvgIpc) is 2.37. The molecule has 3 nitrogen and oxygen atoms in total. The molecule has 0 atom stereocenters. The highest BCUT2D eigenvalue weighted by Crippen LogP contribution is 2.13. The van der Waals surface area contributed by atoms with Crippen LogP contribution in [0.3, 0.4) is 0 Å². The number of nitrogens with zero attached hydrogens (tertiary/aromatic N) is 1. The second-order valence-electron chi connectivity index (χ2n) is 4.74. The van der Waals surface area contributed by atoms with E-state index in [0.29, 0.717) is 38.8 Å². The van der Waals surface area contributed by atoms with Gasteiger partial charge in [-0.1, -0.05) is 12.1 Å². The molecule has 1 aliphatic heterocycles. The molecular weight excluding hydrogens is 233 g/mol. The van der Waals surface area contributed by atoms with E-state index in [2.05, 4.69) is 0 Å². The third-order valence-electron chi connectivity index (χ3n) is 3.33. The van der Waals surface area contributed by atoms with Gasteiger partial charge in [0.15, 0.2) is 0 Å². The lowest BCUT2D eigenvalue weighted by Gasteiger charge is -2.29. The van der Waals surface area contributed by atoms with Gasteiger partial charge in [-0.05, 0) is 37.0 Å². The molecule has 0 saturated carbocycles. The molecule has 1 heterocycles. The highest BCUT2D eigenvalue weighted by Gasteiger charge is 2.20. The van der Waals surface area contributed by atoms with Gasteiger partial charge in [-0.3, -0.25) is 4.79 Å². The lowest BCUT2D eigenvalue weighted by Crippen LogP contribution is -2.40. The van der Waals surface area contributed by atoms with E-state index in [1.807, 2.05) is 6.07 Å². The van der Waals surface area contributed by atoms with Crippen molar-refractivity contribution in [3.8, 4) is 0 Å². The number of rotatable bonds is 3. The van der Waals surface area contributed by atoms with Crippen molar-refractivity contribution in [3.05, 3.63) is 35.6 Å². The topological polar surface area (TPSA) is 40.5 Å². The smallest absolute Gasteiger partial charge is 0.222 e. The Balaban J connectivity index is 1.81. The number of benzene rings is 1. The average molecular weight is 251 g/mol. The Morgan fingerprint density at radius 2 is 2.11 bits per heavy atom. The van der Waals surface area contributed by atoms with Gasteiger partial charge < -0.3 is 10.0 Å². The van der Waals surface area contributed by atoms with Crippen LogP contribution >= 0.6 is 0 Å². The van der Waals surface area contributed by atoms with Crippen molar-refractivity contribution in [2.24, 2.45) is 0 Å². The third kappa shape index (κ3) is 3.53. The fraction of sp³-hybridized carbons (Fsp3) is 0.500. The highest BCUT2D eigenvalue weighted by atomic mass is 19.1. The number of amides is 1. The van der Waals surface area contributed by atoms with Gasteiger partial charge in [0.05, 0.1) is 6.10 Å². The predicted molar refractivity (Wildman–Crippen MR) is 66.5 cm³/mol. The molecule has 18 heavy (non-hydrogen) atoms. The Kier molecular flexibility index (Phi) is 4.31. The maximum absolute atomic E-state index is 13.0. The van der Waals surface area contributed by atoms with Gasteiger partial charge in [-0.25, -0.2) is 4.39 Å². The number of hydrogen-bond donors (Lipinski definition) is 1. The molecule has 0 spiro atoms. The number of carbonyl (C=O) groups is 1. The Hall–Kier alpha value is -1.42. The number of hydrogen-bond acceptors (Lipinski definition) is 2. The summed E-state index contributed by atoms with van der Waals surface area (Å²) in [7, 11) is 0. The van der Waals surface area contributed by atoms with Crippen molar-refractivity contribution in [1.82, 2.24) is 4.90 Å². The summed E-state index contributed by atoms with van der Waals surface area (Å²) in [4.78, 5) is 13.7. The Morgan fingerprint density at radius 3 is 2.78 bits per heavy atom. The van der Waals surface area contributed by atoms with Gasteiger partial charge in [0.2, 0.25) is 5.91 Å². The summed E-state index contributed by atoms with van der Waals surface area (Å²) in [6.45, 7) is 1.26. The summed E-state index contributed by atoms with van der Waals surface area (Å²) in [5.74, 6) is -0.174. The first kappa shape index (κ1) is 13.0. The van der Waals surface area contributed by atoms with Crippen molar-refractivity contribution in [1.29, 1.82) is 0 Å². The van der Waals surface area contributed by atoms with Crippen LogP contribution < -0.4 is 0 Å². The second-order valence-corrected chi connectivity index (χ2v) is 4.74. The molecule has 0 aromatic heterocycles. The van der Waals surface area contributed by atoms with Crippen molar-refractivity contribution in [2.45, 2.75) is 31.8 Å². The number of aliphatic hydroxyl groups excluding tert-OH is 1. The molecule has 1 amide bonds. The number of carbonyl (C=O) groups excluding carboxylic acids is 1. The standard InChI is InChI=1S/C14H18FNO2/c15-12-3-1-2-11(10-12)4-5-14(18)16-8-6-13(17)7-9-16/h1-3,10,13,17H,4-9H2. The van der Waals surface area contributed by atoms with Crippen molar-refractivity contribution in [3.63, 3.8) is 0 Å². The molecule has 1 fully saturated rings. The monoisotopic (exact) mass is 251 g/mol. The first-order chi connectivity index (χ1) is 8.65. The zero-order chi connectivity index (χ0) is 13.0. The van der Waals surface area contributed by atoms with Crippen LogP contribution in [-0.4, -0.2) is 35.1 Å². The van der Waals surface area contributed by atoms with Gasteiger partial charge in [-0.2, -0.15) is 0 Å². The molecule has 0 bridgehead atoms. The van der Waals surface area contributed by atoms with E-state index in [1.54, 1.807) is 11.0 Å². The van der Waals surface area contributed by atoms with Crippen LogP contribution in [0.15, 0.2) is 24.3 Å². The summed E-state index contributed by atoms with van der Waals surface area (Å²) < 4.78 is 13.0. The Bertz CT molecular complexity index is 414. The maximum Gasteiger partial charge on any atom is 0.222 e. The van der Waals surface area contributed by atoms with Crippen LogP contribution in [0, 0.1) is 5.82 Å². The minimum absolute atomic E-state index is 0.0890. The normalized spacial score (nSPS) is 16.9. The molecule has 98 valence electrons.